The lowest BCUT2D eigenvalue weighted by molar-refractivity contribution is -0.00890. The van der Waals surface area contributed by atoms with Gasteiger partial charge in [-0.15, -0.1) is 0 Å². The van der Waals surface area contributed by atoms with E-state index in [-0.39, 0.29) is 17.7 Å². The molecule has 3 aromatic heterocycles. The molecule has 1 atom stereocenters. The van der Waals surface area contributed by atoms with Crippen LogP contribution in [0.25, 0.3) is 16.9 Å². The maximum absolute atomic E-state index is 12.6. The van der Waals surface area contributed by atoms with E-state index in [0.717, 1.165) is 30.2 Å². The Morgan fingerprint density at radius 1 is 1.14 bits per heavy atom. The van der Waals surface area contributed by atoms with E-state index in [1.54, 1.807) is 24.8 Å². The second kappa shape index (κ2) is 7.14. The summed E-state index contributed by atoms with van der Waals surface area (Å²) in [5, 5.41) is 0. The molecule has 146 valence electrons. The van der Waals surface area contributed by atoms with Gasteiger partial charge in [0.05, 0.1) is 18.1 Å². The molecule has 1 saturated heterocycles. The number of fused-ring (bicyclic) bond motifs is 1. The molecule has 0 amide bonds. The van der Waals surface area contributed by atoms with Crippen molar-refractivity contribution < 1.29 is 4.74 Å². The van der Waals surface area contributed by atoms with Crippen molar-refractivity contribution >= 4 is 5.52 Å². The van der Waals surface area contributed by atoms with E-state index in [1.165, 1.54) is 0 Å². The number of likely N-dealkylation sites (tertiary alicyclic amines) is 1. The summed E-state index contributed by atoms with van der Waals surface area (Å²) in [5.41, 5.74) is 2.21. The Balaban J connectivity index is 1.37. The molecule has 8 nitrogen and oxygen atoms in total. The molecule has 1 unspecified atom stereocenters. The summed E-state index contributed by atoms with van der Waals surface area (Å²) in [6.45, 7) is 3.59. The first-order chi connectivity index (χ1) is 14.2. The molecule has 4 aromatic rings. The van der Waals surface area contributed by atoms with E-state index in [2.05, 4.69) is 31.8 Å². The Labute approximate surface area is 166 Å². The van der Waals surface area contributed by atoms with Gasteiger partial charge in [0, 0.05) is 43.3 Å². The summed E-state index contributed by atoms with van der Waals surface area (Å²) in [6.07, 6.45) is 8.50. The highest BCUT2D eigenvalue weighted by atomic mass is 16.5. The number of H-pyrrole nitrogens is 1. The van der Waals surface area contributed by atoms with Gasteiger partial charge in [0.25, 0.3) is 5.56 Å². The molecular formula is C21H20N6O2. The normalized spacial score (nSPS) is 15.9. The van der Waals surface area contributed by atoms with Gasteiger partial charge < -0.3 is 9.72 Å². The zero-order valence-electron chi connectivity index (χ0n) is 15.9. The highest BCUT2D eigenvalue weighted by Gasteiger charge is 2.33. The van der Waals surface area contributed by atoms with Crippen LogP contribution < -0.4 is 10.3 Å². The lowest BCUT2D eigenvalue weighted by Gasteiger charge is -2.42. The fourth-order valence-corrected chi connectivity index (χ4v) is 3.61. The molecule has 5 rings (SSSR count). The van der Waals surface area contributed by atoms with Gasteiger partial charge in [-0.1, -0.05) is 30.3 Å². The second-order valence-electron chi connectivity index (χ2n) is 7.16. The molecule has 0 bridgehead atoms. The van der Waals surface area contributed by atoms with E-state index >= 15 is 0 Å². The molecule has 0 aliphatic carbocycles. The van der Waals surface area contributed by atoms with Gasteiger partial charge in [0.15, 0.2) is 0 Å². The van der Waals surface area contributed by atoms with Crippen molar-refractivity contribution in [1.82, 2.24) is 29.2 Å². The average Bonchev–Trinajstić information content (AvgIpc) is 3.16. The van der Waals surface area contributed by atoms with Crippen LogP contribution in [0.2, 0.25) is 0 Å². The minimum Gasteiger partial charge on any atom is -0.471 e. The van der Waals surface area contributed by atoms with Gasteiger partial charge in [-0.2, -0.15) is 0 Å². The van der Waals surface area contributed by atoms with Crippen molar-refractivity contribution in [3.8, 4) is 17.3 Å². The number of ether oxygens (including phenoxy) is 1. The quantitative estimate of drug-likeness (QED) is 0.564. The lowest BCUT2D eigenvalue weighted by atomic mass is 10.1. The third kappa shape index (κ3) is 3.27. The minimum absolute atomic E-state index is 0.0415. The predicted molar refractivity (Wildman–Crippen MR) is 108 cm³/mol. The van der Waals surface area contributed by atoms with Crippen molar-refractivity contribution in [3.05, 3.63) is 77.4 Å². The number of imidazole rings is 1. The number of benzene rings is 1. The van der Waals surface area contributed by atoms with Gasteiger partial charge in [-0.05, 0) is 6.92 Å². The van der Waals surface area contributed by atoms with E-state index in [9.17, 15) is 4.79 Å². The maximum atomic E-state index is 12.6. The van der Waals surface area contributed by atoms with Crippen LogP contribution in [-0.2, 0) is 0 Å². The van der Waals surface area contributed by atoms with Crippen molar-refractivity contribution in [2.75, 3.05) is 13.1 Å². The van der Waals surface area contributed by atoms with Crippen LogP contribution in [0, 0.1) is 0 Å². The number of aromatic nitrogens is 5. The topological polar surface area (TPSA) is 88.4 Å². The molecule has 8 heteroatoms. The van der Waals surface area contributed by atoms with Crippen molar-refractivity contribution in [2.45, 2.75) is 19.1 Å². The van der Waals surface area contributed by atoms with Gasteiger partial charge >= 0.3 is 0 Å². The predicted octanol–water partition coefficient (Wildman–Crippen LogP) is 2.30. The van der Waals surface area contributed by atoms with Crippen molar-refractivity contribution in [1.29, 1.82) is 0 Å². The molecule has 0 saturated carbocycles. The van der Waals surface area contributed by atoms with Crippen LogP contribution in [0.5, 0.6) is 5.88 Å². The Hall–Kier alpha value is -3.52. The highest BCUT2D eigenvalue weighted by Crippen LogP contribution is 2.26. The SMILES string of the molecule is CC(c1cn2c(-c3ccccc3)ncc2c(=O)[nH]1)N1CC(Oc2cnccn2)C1. The summed E-state index contributed by atoms with van der Waals surface area (Å²) in [4.78, 5) is 30.5. The smallest absolute Gasteiger partial charge is 0.274 e. The summed E-state index contributed by atoms with van der Waals surface area (Å²) < 4.78 is 7.69. The summed E-state index contributed by atoms with van der Waals surface area (Å²) in [5.74, 6) is 1.29. The zero-order valence-corrected chi connectivity index (χ0v) is 15.9. The Kier molecular flexibility index (Phi) is 4.33. The number of hydrogen-bond acceptors (Lipinski definition) is 6. The first-order valence-corrected chi connectivity index (χ1v) is 9.51. The number of hydrogen-bond donors (Lipinski definition) is 1. The number of rotatable bonds is 5. The van der Waals surface area contributed by atoms with Gasteiger partial charge in [0.1, 0.15) is 17.4 Å². The third-order valence-corrected chi connectivity index (χ3v) is 5.29. The Morgan fingerprint density at radius 2 is 1.97 bits per heavy atom. The first kappa shape index (κ1) is 17.6. The molecule has 4 heterocycles. The molecule has 1 aromatic carbocycles. The molecular weight excluding hydrogens is 368 g/mol. The van der Waals surface area contributed by atoms with Crippen LogP contribution in [0.1, 0.15) is 18.7 Å². The maximum Gasteiger partial charge on any atom is 0.274 e. The van der Waals surface area contributed by atoms with Gasteiger partial charge in [-0.25, -0.2) is 9.97 Å². The summed E-state index contributed by atoms with van der Waals surface area (Å²) in [6, 6.07) is 9.91. The standard InChI is InChI=1S/C21H20N6O2/c1-14(26-11-16(12-26)29-19-10-22-7-8-23-19)17-13-27-18(21(28)25-17)9-24-20(27)15-5-3-2-4-6-15/h2-10,13-14,16H,11-12H2,1H3,(H,25,28). The molecule has 0 spiro atoms. The Bertz CT molecular complexity index is 1180. The van der Waals surface area contributed by atoms with E-state index in [1.807, 2.05) is 40.9 Å². The molecule has 1 aliphatic heterocycles. The van der Waals surface area contributed by atoms with Crippen LogP contribution >= 0.6 is 0 Å². The van der Waals surface area contributed by atoms with Crippen molar-refractivity contribution in [2.24, 2.45) is 0 Å². The van der Waals surface area contributed by atoms with Crippen LogP contribution in [-0.4, -0.2) is 48.4 Å². The van der Waals surface area contributed by atoms with Gasteiger partial charge in [0.2, 0.25) is 5.88 Å². The van der Waals surface area contributed by atoms with E-state index < -0.39 is 0 Å². The zero-order chi connectivity index (χ0) is 19.8. The van der Waals surface area contributed by atoms with Crippen LogP contribution in [0.15, 0.2) is 66.1 Å². The number of nitrogens with one attached hydrogen (secondary N) is 1. The molecule has 0 radical (unpaired) electrons. The first-order valence-electron chi connectivity index (χ1n) is 9.51. The Morgan fingerprint density at radius 3 is 2.72 bits per heavy atom. The second-order valence-corrected chi connectivity index (χ2v) is 7.16. The summed E-state index contributed by atoms with van der Waals surface area (Å²) >= 11 is 0. The monoisotopic (exact) mass is 388 g/mol. The van der Waals surface area contributed by atoms with E-state index in [0.29, 0.717) is 11.4 Å². The minimum atomic E-state index is -0.142. The fraction of sp³-hybridized carbons (Fsp3) is 0.238. The third-order valence-electron chi connectivity index (χ3n) is 5.29. The molecule has 1 fully saturated rings. The van der Waals surface area contributed by atoms with Crippen LogP contribution in [0.3, 0.4) is 0 Å². The molecule has 1 N–H and O–H groups in total. The summed E-state index contributed by atoms with van der Waals surface area (Å²) in [7, 11) is 0. The van der Waals surface area contributed by atoms with Crippen molar-refractivity contribution in [3.63, 3.8) is 0 Å². The number of nitrogens with zero attached hydrogens (tertiary/aromatic N) is 5. The van der Waals surface area contributed by atoms with E-state index in [4.69, 9.17) is 4.74 Å². The largest absolute Gasteiger partial charge is 0.471 e. The average molecular weight is 388 g/mol. The number of aromatic amines is 1. The fourth-order valence-electron chi connectivity index (χ4n) is 3.61. The lowest BCUT2D eigenvalue weighted by Crippen LogP contribution is -2.54. The molecule has 29 heavy (non-hydrogen) atoms. The molecule has 1 aliphatic rings. The highest BCUT2D eigenvalue weighted by molar-refractivity contribution is 5.61. The van der Waals surface area contributed by atoms with Crippen LogP contribution in [0.4, 0.5) is 0 Å². The van der Waals surface area contributed by atoms with Gasteiger partial charge in [-0.3, -0.25) is 19.1 Å².